The molecule has 38 heavy (non-hydrogen) atoms. The molecule has 0 aromatic carbocycles. The average molecular weight is 546 g/mol. The van der Waals surface area contributed by atoms with Crippen molar-refractivity contribution in [2.45, 2.75) is 105 Å². The fraction of sp³-hybridized carbons (Fsp3) is 0.750. The monoisotopic (exact) mass is 545 g/mol. The Morgan fingerprint density at radius 1 is 1.18 bits per heavy atom. The van der Waals surface area contributed by atoms with Crippen LogP contribution in [0.5, 0.6) is 0 Å². The third-order valence-corrected chi connectivity index (χ3v) is 10.2. The number of nitrogens with one attached hydrogen (secondary N) is 2. The molecule has 210 valence electrons. The van der Waals surface area contributed by atoms with Crippen LogP contribution in [0, 0.1) is 36.0 Å². The summed E-state index contributed by atoms with van der Waals surface area (Å²) in [6.45, 7) is 14.8. The fourth-order valence-electron chi connectivity index (χ4n) is 6.07. The standard InChI is InChI=1S/C28H43N5O4S/c1-15-16(2)38-25(30-15)32-21(26(3,4)5)24(37)33-14-28(13-27(28,6)7)12-19(33)23(36)31-18(20(34)22(29)35)11-17-9-8-10-17/h17-19,21H,8-14H2,1-7H3,(H2,29,35)(H,30,32)(H,31,36)/t18?,19-,21-,28+/m0/s1. The van der Waals surface area contributed by atoms with Gasteiger partial charge in [-0.05, 0) is 55.3 Å². The molecule has 4 N–H and O–H groups in total. The molecule has 4 rings (SSSR count). The highest BCUT2D eigenvalue weighted by atomic mass is 32.1. The first-order chi connectivity index (χ1) is 17.5. The number of nitrogens with two attached hydrogens (primary N) is 1. The zero-order valence-corrected chi connectivity index (χ0v) is 24.6. The van der Waals surface area contributed by atoms with Crippen molar-refractivity contribution in [2.24, 2.45) is 27.9 Å². The number of rotatable bonds is 9. The largest absolute Gasteiger partial charge is 0.363 e. The highest BCUT2D eigenvalue weighted by Gasteiger charge is 2.67. The van der Waals surface area contributed by atoms with Crippen LogP contribution in [0.2, 0.25) is 0 Å². The molecule has 10 heteroatoms. The maximum absolute atomic E-state index is 14.2. The van der Waals surface area contributed by atoms with E-state index in [1.54, 1.807) is 4.90 Å². The molecular weight excluding hydrogens is 502 g/mol. The van der Waals surface area contributed by atoms with Gasteiger partial charge in [0.25, 0.3) is 5.91 Å². The van der Waals surface area contributed by atoms with Crippen LogP contribution in [0.25, 0.3) is 0 Å². The van der Waals surface area contributed by atoms with Crippen LogP contribution in [0.4, 0.5) is 5.13 Å². The summed E-state index contributed by atoms with van der Waals surface area (Å²) in [5.74, 6) is -2.06. The lowest BCUT2D eigenvalue weighted by atomic mass is 9.80. The van der Waals surface area contributed by atoms with Gasteiger partial charge in [-0.25, -0.2) is 4.98 Å². The molecule has 3 fully saturated rings. The number of aryl methyl sites for hydroxylation is 2. The number of aromatic nitrogens is 1. The van der Waals surface area contributed by atoms with E-state index in [-0.39, 0.29) is 22.6 Å². The molecule has 1 aliphatic heterocycles. The molecule has 0 radical (unpaired) electrons. The second-order valence-electron chi connectivity index (χ2n) is 13.5. The number of carbonyl (C=O) groups excluding carboxylic acids is 4. The number of ketones is 1. The van der Waals surface area contributed by atoms with Crippen molar-refractivity contribution in [1.29, 1.82) is 0 Å². The molecule has 1 unspecified atom stereocenters. The van der Waals surface area contributed by atoms with E-state index in [4.69, 9.17) is 5.73 Å². The third kappa shape index (κ3) is 5.46. The van der Waals surface area contributed by atoms with Crippen LogP contribution in [0.3, 0.4) is 0 Å². The topological polar surface area (TPSA) is 134 Å². The molecule has 3 amide bonds. The highest BCUT2D eigenvalue weighted by Crippen LogP contribution is 2.69. The molecule has 2 heterocycles. The van der Waals surface area contributed by atoms with Crippen molar-refractivity contribution in [2.75, 3.05) is 11.9 Å². The summed E-state index contributed by atoms with van der Waals surface area (Å²) < 4.78 is 0. The average Bonchev–Trinajstić information content (AvgIpc) is 3.04. The number of anilines is 1. The molecule has 2 saturated carbocycles. The van der Waals surface area contributed by atoms with Gasteiger partial charge in [-0.15, -0.1) is 11.3 Å². The summed E-state index contributed by atoms with van der Waals surface area (Å²) >= 11 is 1.51. The Morgan fingerprint density at radius 3 is 2.26 bits per heavy atom. The van der Waals surface area contributed by atoms with Gasteiger partial charge in [-0.2, -0.15) is 0 Å². The molecular formula is C28H43N5O4S. The van der Waals surface area contributed by atoms with E-state index in [2.05, 4.69) is 29.5 Å². The SMILES string of the molecule is Cc1nc(N[C@@H](C(=O)N2C[C@@]3(C[C@H]2C(=O)NC(CC2CCC2)C(=O)C(N)=O)CC3(C)C)C(C)(C)C)sc1C. The van der Waals surface area contributed by atoms with Crippen molar-refractivity contribution in [1.82, 2.24) is 15.2 Å². The summed E-state index contributed by atoms with van der Waals surface area (Å²) in [6, 6.07) is -2.28. The van der Waals surface area contributed by atoms with Gasteiger partial charge < -0.3 is 21.3 Å². The summed E-state index contributed by atoms with van der Waals surface area (Å²) in [4.78, 5) is 59.7. The number of Topliss-reactive ketones (excluding diaryl/α,β-unsaturated/α-hetero) is 1. The third-order valence-electron chi connectivity index (χ3n) is 9.19. The number of thiazole rings is 1. The molecule has 2 aliphatic carbocycles. The lowest BCUT2D eigenvalue weighted by Crippen LogP contribution is -2.56. The molecule has 3 aliphatic rings. The van der Waals surface area contributed by atoms with Crippen molar-refractivity contribution >= 4 is 40.0 Å². The van der Waals surface area contributed by atoms with Crippen LogP contribution in [0.15, 0.2) is 0 Å². The second-order valence-corrected chi connectivity index (χ2v) is 14.7. The smallest absolute Gasteiger partial charge is 0.287 e. The Labute approximate surface area is 229 Å². The van der Waals surface area contributed by atoms with E-state index in [0.29, 0.717) is 30.4 Å². The van der Waals surface area contributed by atoms with Crippen LogP contribution in [-0.2, 0) is 19.2 Å². The zero-order chi connectivity index (χ0) is 28.2. The summed E-state index contributed by atoms with van der Waals surface area (Å²) in [5.41, 5.74) is 5.67. The minimum Gasteiger partial charge on any atom is -0.363 e. The number of nitrogens with zero attached hydrogens (tertiary/aromatic N) is 2. The first-order valence-corrected chi connectivity index (χ1v) is 14.5. The van der Waals surface area contributed by atoms with E-state index < -0.39 is 35.2 Å². The molecule has 1 aromatic heterocycles. The lowest BCUT2D eigenvalue weighted by Gasteiger charge is -2.36. The van der Waals surface area contributed by atoms with Crippen LogP contribution >= 0.6 is 11.3 Å². The number of carbonyl (C=O) groups is 4. The maximum atomic E-state index is 14.2. The minimum atomic E-state index is -1.04. The molecule has 4 atom stereocenters. The first-order valence-electron chi connectivity index (χ1n) is 13.7. The van der Waals surface area contributed by atoms with Gasteiger partial charge >= 0.3 is 0 Å². The van der Waals surface area contributed by atoms with E-state index in [9.17, 15) is 19.2 Å². The molecule has 1 aromatic rings. The van der Waals surface area contributed by atoms with Gasteiger partial charge in [-0.1, -0.05) is 53.9 Å². The summed E-state index contributed by atoms with van der Waals surface area (Å²) in [5, 5.41) is 6.89. The molecule has 9 nitrogen and oxygen atoms in total. The quantitative estimate of drug-likeness (QED) is 0.408. The van der Waals surface area contributed by atoms with Gasteiger partial charge in [0.05, 0.1) is 11.7 Å². The minimum absolute atomic E-state index is 0.0170. The second kappa shape index (κ2) is 9.92. The fourth-order valence-corrected chi connectivity index (χ4v) is 6.92. The Bertz CT molecular complexity index is 1120. The number of hydrogen-bond acceptors (Lipinski definition) is 7. The Balaban J connectivity index is 1.59. The van der Waals surface area contributed by atoms with Crippen molar-refractivity contribution in [3.05, 3.63) is 10.6 Å². The zero-order valence-electron chi connectivity index (χ0n) is 23.8. The Morgan fingerprint density at radius 2 is 1.82 bits per heavy atom. The van der Waals surface area contributed by atoms with Gasteiger partial charge in [0, 0.05) is 11.4 Å². The normalized spacial score (nSPS) is 26.0. The maximum Gasteiger partial charge on any atom is 0.287 e. The molecule has 0 bridgehead atoms. The van der Waals surface area contributed by atoms with E-state index in [1.807, 2.05) is 34.6 Å². The predicted octanol–water partition coefficient (Wildman–Crippen LogP) is 3.33. The number of likely N-dealkylation sites (tertiary alicyclic amines) is 1. The van der Waals surface area contributed by atoms with E-state index in [1.165, 1.54) is 11.3 Å². The number of primary amides is 1. The van der Waals surface area contributed by atoms with Crippen molar-refractivity contribution in [3.8, 4) is 0 Å². The van der Waals surface area contributed by atoms with E-state index >= 15 is 0 Å². The van der Waals surface area contributed by atoms with Gasteiger partial charge in [0.2, 0.25) is 17.6 Å². The van der Waals surface area contributed by atoms with Crippen molar-refractivity contribution in [3.63, 3.8) is 0 Å². The van der Waals surface area contributed by atoms with Crippen LogP contribution in [-0.4, -0.2) is 58.1 Å². The van der Waals surface area contributed by atoms with Crippen molar-refractivity contribution < 1.29 is 19.2 Å². The molecule has 1 spiro atoms. The lowest BCUT2D eigenvalue weighted by molar-refractivity contribution is -0.142. The number of hydrogen-bond donors (Lipinski definition) is 3. The van der Waals surface area contributed by atoms with Gasteiger partial charge in [0.15, 0.2) is 5.13 Å². The Kier molecular flexibility index (Phi) is 7.44. The summed E-state index contributed by atoms with van der Waals surface area (Å²) in [6.07, 6.45) is 4.89. The predicted molar refractivity (Wildman–Crippen MR) is 147 cm³/mol. The first kappa shape index (κ1) is 28.5. The van der Waals surface area contributed by atoms with Gasteiger partial charge in [0.1, 0.15) is 12.1 Å². The molecule has 1 saturated heterocycles. The summed E-state index contributed by atoms with van der Waals surface area (Å²) in [7, 11) is 0. The number of amides is 3. The highest BCUT2D eigenvalue weighted by molar-refractivity contribution is 7.15. The Hall–Kier alpha value is -2.49. The van der Waals surface area contributed by atoms with E-state index in [0.717, 1.165) is 36.3 Å². The van der Waals surface area contributed by atoms with Crippen LogP contribution in [0.1, 0.15) is 83.7 Å². The van der Waals surface area contributed by atoms with Crippen LogP contribution < -0.4 is 16.4 Å². The van der Waals surface area contributed by atoms with Gasteiger partial charge in [-0.3, -0.25) is 19.2 Å².